The van der Waals surface area contributed by atoms with E-state index in [0.29, 0.717) is 17.0 Å². The van der Waals surface area contributed by atoms with E-state index in [9.17, 15) is 4.79 Å². The summed E-state index contributed by atoms with van der Waals surface area (Å²) in [5, 5.41) is 2.83. The average Bonchev–Trinajstić information content (AvgIpc) is 2.91. The molecule has 21 heavy (non-hydrogen) atoms. The normalized spacial score (nSPS) is 10.8. The number of nitrogens with one attached hydrogen (secondary N) is 1. The van der Waals surface area contributed by atoms with Crippen LogP contribution in [-0.4, -0.2) is 19.6 Å². The van der Waals surface area contributed by atoms with Crippen LogP contribution in [0.25, 0.3) is 6.08 Å². The first-order valence-electron chi connectivity index (χ1n) is 6.51. The summed E-state index contributed by atoms with van der Waals surface area (Å²) < 4.78 is 11.0. The van der Waals surface area contributed by atoms with Crippen molar-refractivity contribution >= 4 is 27.9 Å². The minimum absolute atomic E-state index is 0.143. The van der Waals surface area contributed by atoms with E-state index >= 15 is 0 Å². The maximum atomic E-state index is 11.6. The summed E-state index contributed by atoms with van der Waals surface area (Å²) in [5.74, 6) is 1.32. The number of amides is 1. The van der Waals surface area contributed by atoms with E-state index in [1.165, 1.54) is 6.08 Å². The lowest BCUT2D eigenvalue weighted by molar-refractivity contribution is -0.116. The number of hydrogen-bond donors (Lipinski definition) is 1. The van der Waals surface area contributed by atoms with Crippen molar-refractivity contribution in [2.24, 2.45) is 0 Å². The van der Waals surface area contributed by atoms with Gasteiger partial charge in [-0.05, 0) is 58.3 Å². The maximum Gasteiger partial charge on any atom is 0.244 e. The highest BCUT2D eigenvalue weighted by Crippen LogP contribution is 2.15. The number of ether oxygens (including phenoxy) is 1. The molecule has 2 aromatic rings. The molecular formula is C16H16BrNO3. The Bertz CT molecular complexity index is 617. The maximum absolute atomic E-state index is 11.6. The number of halogens is 1. The molecule has 1 amide bonds. The largest absolute Gasteiger partial charge is 0.497 e. The van der Waals surface area contributed by atoms with E-state index in [2.05, 4.69) is 21.2 Å². The average molecular weight is 350 g/mol. The first kappa shape index (κ1) is 15.4. The van der Waals surface area contributed by atoms with E-state index < -0.39 is 0 Å². The fourth-order valence-electron chi connectivity index (χ4n) is 1.76. The molecule has 1 N–H and O–H groups in total. The summed E-state index contributed by atoms with van der Waals surface area (Å²) >= 11 is 3.21. The van der Waals surface area contributed by atoms with Crippen LogP contribution in [0.5, 0.6) is 5.75 Å². The molecule has 0 atom stereocenters. The number of methoxy groups -OCH3 is 1. The Morgan fingerprint density at radius 2 is 2.05 bits per heavy atom. The minimum Gasteiger partial charge on any atom is -0.497 e. The van der Waals surface area contributed by atoms with Crippen molar-refractivity contribution in [1.82, 2.24) is 5.32 Å². The molecule has 0 bridgehead atoms. The lowest BCUT2D eigenvalue weighted by Crippen LogP contribution is -2.23. The lowest BCUT2D eigenvalue weighted by atomic mass is 10.1. The van der Waals surface area contributed by atoms with Gasteiger partial charge in [-0.1, -0.05) is 12.1 Å². The van der Waals surface area contributed by atoms with Gasteiger partial charge in [0.15, 0.2) is 4.67 Å². The highest BCUT2D eigenvalue weighted by atomic mass is 79.9. The van der Waals surface area contributed by atoms with E-state index in [4.69, 9.17) is 9.15 Å². The number of carbonyl (C=O) groups excluding carboxylic acids is 1. The van der Waals surface area contributed by atoms with Gasteiger partial charge >= 0.3 is 0 Å². The summed E-state index contributed by atoms with van der Waals surface area (Å²) in [7, 11) is 1.64. The SMILES string of the molecule is COc1ccc(CCNC(=O)/C=C/c2ccc(Br)o2)cc1. The zero-order valence-corrected chi connectivity index (χ0v) is 13.2. The highest BCUT2D eigenvalue weighted by Gasteiger charge is 1.99. The third-order valence-corrected chi connectivity index (χ3v) is 3.29. The predicted molar refractivity (Wildman–Crippen MR) is 85.1 cm³/mol. The van der Waals surface area contributed by atoms with Gasteiger partial charge in [0.05, 0.1) is 7.11 Å². The Hall–Kier alpha value is -2.01. The van der Waals surface area contributed by atoms with Gasteiger partial charge in [0, 0.05) is 12.6 Å². The number of rotatable bonds is 6. The van der Waals surface area contributed by atoms with Crippen LogP contribution in [0.1, 0.15) is 11.3 Å². The molecule has 0 aliphatic carbocycles. The summed E-state index contributed by atoms with van der Waals surface area (Å²) in [6.07, 6.45) is 3.86. The first-order chi connectivity index (χ1) is 10.2. The molecule has 1 heterocycles. The van der Waals surface area contributed by atoms with Crippen molar-refractivity contribution in [2.45, 2.75) is 6.42 Å². The molecule has 2 rings (SSSR count). The van der Waals surface area contributed by atoms with Gasteiger partial charge in [0.1, 0.15) is 11.5 Å². The molecule has 0 radical (unpaired) electrons. The standard InChI is InChI=1S/C16H16BrNO3/c1-20-13-4-2-12(3-5-13)10-11-18-16(19)9-7-14-6-8-15(17)21-14/h2-9H,10-11H2,1H3,(H,18,19)/b9-7+. The van der Waals surface area contributed by atoms with Crippen molar-refractivity contribution in [1.29, 1.82) is 0 Å². The molecule has 0 saturated heterocycles. The van der Waals surface area contributed by atoms with E-state index in [1.807, 2.05) is 24.3 Å². The second-order valence-electron chi connectivity index (χ2n) is 4.36. The summed E-state index contributed by atoms with van der Waals surface area (Å²) in [6, 6.07) is 11.4. The van der Waals surface area contributed by atoms with Crippen LogP contribution in [0, 0.1) is 0 Å². The van der Waals surface area contributed by atoms with Gasteiger partial charge in [-0.15, -0.1) is 0 Å². The van der Waals surface area contributed by atoms with Gasteiger partial charge < -0.3 is 14.5 Å². The number of furan rings is 1. The zero-order chi connectivity index (χ0) is 15.1. The second kappa shape index (κ2) is 7.69. The van der Waals surface area contributed by atoms with Crippen LogP contribution >= 0.6 is 15.9 Å². The summed E-state index contributed by atoms with van der Waals surface area (Å²) in [6.45, 7) is 0.581. The zero-order valence-electron chi connectivity index (χ0n) is 11.6. The molecule has 0 fully saturated rings. The number of benzene rings is 1. The molecular weight excluding hydrogens is 334 g/mol. The minimum atomic E-state index is -0.143. The molecule has 0 unspecified atom stereocenters. The smallest absolute Gasteiger partial charge is 0.244 e. The van der Waals surface area contributed by atoms with Gasteiger partial charge in [-0.2, -0.15) is 0 Å². The summed E-state index contributed by atoms with van der Waals surface area (Å²) in [5.41, 5.74) is 1.15. The van der Waals surface area contributed by atoms with Crippen molar-refractivity contribution in [3.8, 4) is 5.75 Å². The number of hydrogen-bond acceptors (Lipinski definition) is 3. The van der Waals surface area contributed by atoms with E-state index in [-0.39, 0.29) is 5.91 Å². The Balaban J connectivity index is 1.74. The molecule has 110 valence electrons. The summed E-state index contributed by atoms with van der Waals surface area (Å²) in [4.78, 5) is 11.6. The van der Waals surface area contributed by atoms with E-state index in [1.54, 1.807) is 25.3 Å². The molecule has 1 aromatic heterocycles. The van der Waals surface area contributed by atoms with Crippen molar-refractivity contribution < 1.29 is 13.9 Å². The van der Waals surface area contributed by atoms with Crippen LogP contribution < -0.4 is 10.1 Å². The quantitative estimate of drug-likeness (QED) is 0.813. The molecule has 0 spiro atoms. The Labute approximate surface area is 131 Å². The molecule has 0 saturated carbocycles. The Morgan fingerprint density at radius 3 is 2.67 bits per heavy atom. The fourth-order valence-corrected chi connectivity index (χ4v) is 2.08. The second-order valence-corrected chi connectivity index (χ2v) is 5.15. The monoisotopic (exact) mass is 349 g/mol. The highest BCUT2D eigenvalue weighted by molar-refractivity contribution is 9.10. The molecule has 1 aromatic carbocycles. The fraction of sp³-hybridized carbons (Fsp3) is 0.188. The van der Waals surface area contributed by atoms with Crippen LogP contribution in [0.3, 0.4) is 0 Å². The van der Waals surface area contributed by atoms with Crippen LogP contribution in [-0.2, 0) is 11.2 Å². The lowest BCUT2D eigenvalue weighted by Gasteiger charge is -2.04. The van der Waals surface area contributed by atoms with Gasteiger partial charge in [-0.3, -0.25) is 4.79 Å². The van der Waals surface area contributed by atoms with Gasteiger partial charge in [0.25, 0.3) is 0 Å². The predicted octanol–water partition coefficient (Wildman–Crippen LogP) is 3.42. The first-order valence-corrected chi connectivity index (χ1v) is 7.31. The molecule has 0 aliphatic rings. The molecule has 4 nitrogen and oxygen atoms in total. The number of carbonyl (C=O) groups is 1. The third-order valence-electron chi connectivity index (χ3n) is 2.86. The van der Waals surface area contributed by atoms with Crippen LogP contribution in [0.15, 0.2) is 51.6 Å². The van der Waals surface area contributed by atoms with Crippen LogP contribution in [0.4, 0.5) is 0 Å². The third kappa shape index (κ3) is 5.11. The van der Waals surface area contributed by atoms with Crippen LogP contribution in [0.2, 0.25) is 0 Å². The Morgan fingerprint density at radius 1 is 1.29 bits per heavy atom. The molecule has 0 aliphatic heterocycles. The topological polar surface area (TPSA) is 51.5 Å². The molecule has 5 heteroatoms. The van der Waals surface area contributed by atoms with Gasteiger partial charge in [-0.25, -0.2) is 0 Å². The van der Waals surface area contributed by atoms with Crippen molar-refractivity contribution in [2.75, 3.05) is 13.7 Å². The van der Waals surface area contributed by atoms with E-state index in [0.717, 1.165) is 17.7 Å². The van der Waals surface area contributed by atoms with Crippen molar-refractivity contribution in [3.05, 3.63) is 58.5 Å². The van der Waals surface area contributed by atoms with Crippen molar-refractivity contribution in [3.63, 3.8) is 0 Å². The Kier molecular flexibility index (Phi) is 5.63. The van der Waals surface area contributed by atoms with Gasteiger partial charge in [0.2, 0.25) is 5.91 Å².